The summed E-state index contributed by atoms with van der Waals surface area (Å²) in [6.07, 6.45) is 3.35. The fraction of sp³-hybridized carbons (Fsp3) is 0.900. The zero-order valence-electron chi connectivity index (χ0n) is 8.55. The summed E-state index contributed by atoms with van der Waals surface area (Å²) in [5, 5.41) is 17.6. The number of aliphatic hydroxyl groups is 1. The molecule has 0 bridgehead atoms. The van der Waals surface area contributed by atoms with E-state index < -0.39 is 5.60 Å². The molecule has 0 saturated carbocycles. The first-order valence-corrected chi connectivity index (χ1v) is 4.90. The predicted octanol–water partition coefficient (Wildman–Crippen LogP) is 1.86. The lowest BCUT2D eigenvalue weighted by atomic mass is 9.94. The standard InChI is InChI=1S/C10H19NO2/c1-3-5-10(9-11,6-4-2)13-8-7-12/h12H,3-8H2,1-2H3. The highest BCUT2D eigenvalue weighted by Gasteiger charge is 2.28. The molecule has 0 aliphatic heterocycles. The molecular weight excluding hydrogens is 166 g/mol. The van der Waals surface area contributed by atoms with Crippen molar-refractivity contribution < 1.29 is 9.84 Å². The first-order valence-electron chi connectivity index (χ1n) is 4.90. The summed E-state index contributed by atoms with van der Waals surface area (Å²) in [5.41, 5.74) is -0.660. The van der Waals surface area contributed by atoms with Gasteiger partial charge in [-0.15, -0.1) is 0 Å². The molecule has 0 rings (SSSR count). The Morgan fingerprint density at radius 3 is 2.15 bits per heavy atom. The van der Waals surface area contributed by atoms with Crippen molar-refractivity contribution in [2.75, 3.05) is 13.2 Å². The van der Waals surface area contributed by atoms with E-state index in [1.807, 2.05) is 13.8 Å². The Morgan fingerprint density at radius 2 is 1.85 bits per heavy atom. The minimum absolute atomic E-state index is 0.0170. The summed E-state index contributed by atoms with van der Waals surface area (Å²) in [5.74, 6) is 0. The lowest BCUT2D eigenvalue weighted by molar-refractivity contribution is -0.0306. The van der Waals surface area contributed by atoms with E-state index in [0.717, 1.165) is 25.7 Å². The summed E-state index contributed by atoms with van der Waals surface area (Å²) in [7, 11) is 0. The summed E-state index contributed by atoms with van der Waals surface area (Å²) in [6, 6.07) is 2.22. The van der Waals surface area contributed by atoms with Crippen LogP contribution in [0.3, 0.4) is 0 Å². The molecule has 0 radical (unpaired) electrons. The van der Waals surface area contributed by atoms with E-state index in [1.54, 1.807) is 0 Å². The Hall–Kier alpha value is -0.590. The van der Waals surface area contributed by atoms with Gasteiger partial charge in [-0.2, -0.15) is 5.26 Å². The third kappa shape index (κ3) is 4.25. The number of rotatable bonds is 7. The summed E-state index contributed by atoms with van der Waals surface area (Å²) >= 11 is 0. The average Bonchev–Trinajstić information content (AvgIpc) is 2.15. The normalized spacial score (nSPS) is 11.2. The molecule has 3 heteroatoms. The smallest absolute Gasteiger partial charge is 0.154 e. The van der Waals surface area contributed by atoms with Crippen LogP contribution in [-0.2, 0) is 4.74 Å². The van der Waals surface area contributed by atoms with E-state index in [9.17, 15) is 0 Å². The Bertz CT molecular complexity index is 157. The van der Waals surface area contributed by atoms with Gasteiger partial charge in [-0.1, -0.05) is 26.7 Å². The largest absolute Gasteiger partial charge is 0.394 e. The topological polar surface area (TPSA) is 53.2 Å². The van der Waals surface area contributed by atoms with Crippen LogP contribution in [0.1, 0.15) is 39.5 Å². The molecule has 0 spiro atoms. The second-order valence-electron chi connectivity index (χ2n) is 3.18. The number of nitriles is 1. The fourth-order valence-electron chi connectivity index (χ4n) is 1.46. The fourth-order valence-corrected chi connectivity index (χ4v) is 1.46. The minimum Gasteiger partial charge on any atom is -0.394 e. The lowest BCUT2D eigenvalue weighted by Crippen LogP contribution is -2.31. The van der Waals surface area contributed by atoms with Crippen molar-refractivity contribution in [1.82, 2.24) is 0 Å². The van der Waals surface area contributed by atoms with Gasteiger partial charge in [0.1, 0.15) is 0 Å². The van der Waals surface area contributed by atoms with Gasteiger partial charge in [0.15, 0.2) is 5.60 Å². The number of ether oxygens (including phenoxy) is 1. The number of nitrogens with zero attached hydrogens (tertiary/aromatic N) is 1. The molecule has 3 nitrogen and oxygen atoms in total. The number of hydrogen-bond donors (Lipinski definition) is 1. The molecule has 0 aromatic heterocycles. The van der Waals surface area contributed by atoms with Crippen LogP contribution in [0.4, 0.5) is 0 Å². The van der Waals surface area contributed by atoms with Crippen LogP contribution >= 0.6 is 0 Å². The second-order valence-corrected chi connectivity index (χ2v) is 3.18. The lowest BCUT2D eigenvalue weighted by Gasteiger charge is -2.25. The number of aliphatic hydroxyl groups excluding tert-OH is 1. The SMILES string of the molecule is CCCC(C#N)(CCC)OCCO. The second kappa shape index (κ2) is 6.88. The summed E-state index contributed by atoms with van der Waals surface area (Å²) in [4.78, 5) is 0. The third-order valence-electron chi connectivity index (χ3n) is 1.98. The maximum Gasteiger partial charge on any atom is 0.154 e. The van der Waals surface area contributed by atoms with Crippen molar-refractivity contribution in [2.45, 2.75) is 45.1 Å². The van der Waals surface area contributed by atoms with Crippen molar-refractivity contribution in [2.24, 2.45) is 0 Å². The monoisotopic (exact) mass is 185 g/mol. The Balaban J connectivity index is 4.18. The van der Waals surface area contributed by atoms with Crippen molar-refractivity contribution in [3.05, 3.63) is 0 Å². The Morgan fingerprint density at radius 1 is 1.31 bits per heavy atom. The molecule has 0 atom stereocenters. The van der Waals surface area contributed by atoms with Gasteiger partial charge < -0.3 is 9.84 Å². The Kier molecular flexibility index (Phi) is 6.56. The van der Waals surface area contributed by atoms with Gasteiger partial charge in [-0.25, -0.2) is 0 Å². The first-order chi connectivity index (χ1) is 6.24. The predicted molar refractivity (Wildman–Crippen MR) is 51.2 cm³/mol. The molecule has 13 heavy (non-hydrogen) atoms. The molecule has 0 amide bonds. The van der Waals surface area contributed by atoms with Crippen LogP contribution < -0.4 is 0 Å². The number of hydrogen-bond acceptors (Lipinski definition) is 3. The van der Waals surface area contributed by atoms with Gasteiger partial charge in [0.25, 0.3) is 0 Å². The van der Waals surface area contributed by atoms with Crippen LogP contribution in [0.25, 0.3) is 0 Å². The third-order valence-corrected chi connectivity index (χ3v) is 1.98. The highest BCUT2D eigenvalue weighted by Crippen LogP contribution is 2.23. The molecule has 0 aliphatic carbocycles. The van der Waals surface area contributed by atoms with Crippen LogP contribution in [0.5, 0.6) is 0 Å². The van der Waals surface area contributed by atoms with Crippen LogP contribution in [0.2, 0.25) is 0 Å². The zero-order valence-corrected chi connectivity index (χ0v) is 8.55. The van der Waals surface area contributed by atoms with Gasteiger partial charge in [0.2, 0.25) is 0 Å². The molecule has 0 saturated heterocycles. The van der Waals surface area contributed by atoms with Crippen LogP contribution in [0.15, 0.2) is 0 Å². The molecule has 0 unspecified atom stereocenters. The molecule has 0 aromatic carbocycles. The van der Waals surface area contributed by atoms with Gasteiger partial charge in [-0.05, 0) is 12.8 Å². The van der Waals surface area contributed by atoms with E-state index in [4.69, 9.17) is 15.1 Å². The van der Waals surface area contributed by atoms with Gasteiger partial charge in [0.05, 0.1) is 19.3 Å². The maximum absolute atomic E-state index is 9.01. The highest BCUT2D eigenvalue weighted by molar-refractivity contribution is 5.01. The first kappa shape index (κ1) is 12.4. The Labute approximate surface area is 80.3 Å². The van der Waals surface area contributed by atoms with Crippen molar-refractivity contribution >= 4 is 0 Å². The summed E-state index contributed by atoms with van der Waals surface area (Å²) in [6.45, 7) is 4.30. The van der Waals surface area contributed by atoms with Crippen LogP contribution in [0, 0.1) is 11.3 Å². The molecular formula is C10H19NO2. The quantitative estimate of drug-likeness (QED) is 0.658. The van der Waals surface area contributed by atoms with Crippen molar-refractivity contribution in [3.8, 4) is 6.07 Å². The van der Waals surface area contributed by atoms with Gasteiger partial charge in [0, 0.05) is 0 Å². The van der Waals surface area contributed by atoms with Gasteiger partial charge in [-0.3, -0.25) is 0 Å². The molecule has 0 fully saturated rings. The molecule has 0 aliphatic rings. The van der Waals surface area contributed by atoms with E-state index in [-0.39, 0.29) is 13.2 Å². The van der Waals surface area contributed by atoms with Crippen molar-refractivity contribution in [1.29, 1.82) is 5.26 Å². The highest BCUT2D eigenvalue weighted by atomic mass is 16.5. The van der Waals surface area contributed by atoms with E-state index >= 15 is 0 Å². The molecule has 0 aromatic rings. The molecule has 76 valence electrons. The average molecular weight is 185 g/mol. The summed E-state index contributed by atoms with van der Waals surface area (Å²) < 4.78 is 5.40. The minimum atomic E-state index is -0.660. The van der Waals surface area contributed by atoms with E-state index in [1.165, 1.54) is 0 Å². The van der Waals surface area contributed by atoms with Crippen LogP contribution in [-0.4, -0.2) is 23.9 Å². The molecule has 1 N–H and O–H groups in total. The van der Waals surface area contributed by atoms with Crippen molar-refractivity contribution in [3.63, 3.8) is 0 Å². The molecule has 0 heterocycles. The van der Waals surface area contributed by atoms with E-state index in [0.29, 0.717) is 0 Å². The zero-order chi connectivity index (χ0) is 10.2. The van der Waals surface area contributed by atoms with Gasteiger partial charge >= 0.3 is 0 Å². The van der Waals surface area contributed by atoms with E-state index in [2.05, 4.69) is 6.07 Å². The maximum atomic E-state index is 9.01.